The van der Waals surface area contributed by atoms with Crippen LogP contribution in [0.5, 0.6) is 0 Å². The van der Waals surface area contributed by atoms with E-state index in [2.05, 4.69) is 5.32 Å². The van der Waals surface area contributed by atoms with Gasteiger partial charge in [-0.2, -0.15) is 0 Å². The van der Waals surface area contributed by atoms with Gasteiger partial charge in [0.1, 0.15) is 16.8 Å². The molecule has 1 N–H and O–H groups in total. The lowest BCUT2D eigenvalue weighted by molar-refractivity contribution is -0.119. The maximum absolute atomic E-state index is 11.5. The van der Waals surface area contributed by atoms with Crippen LogP contribution < -0.4 is 5.32 Å². The van der Waals surface area contributed by atoms with Gasteiger partial charge in [-0.25, -0.2) is 0 Å². The molecule has 0 spiro atoms. The first-order chi connectivity index (χ1) is 9.61. The Morgan fingerprint density at radius 1 is 1.25 bits per heavy atom. The van der Waals surface area contributed by atoms with Gasteiger partial charge in [-0.3, -0.25) is 14.9 Å². The molecule has 0 bridgehead atoms. The summed E-state index contributed by atoms with van der Waals surface area (Å²) in [5, 5.41) is 1.60. The second kappa shape index (κ2) is 5.17. The number of nitrogens with one attached hydrogen (secondary N) is 1. The van der Waals surface area contributed by atoms with E-state index < -0.39 is 0 Å². The van der Waals surface area contributed by atoms with Gasteiger partial charge in [-0.1, -0.05) is 35.5 Å². The maximum atomic E-state index is 11.5. The van der Waals surface area contributed by atoms with Crippen LogP contribution in [0.25, 0.3) is 11.3 Å². The summed E-state index contributed by atoms with van der Waals surface area (Å²) >= 11 is 1.02. The number of hydrogen-bond acceptors (Lipinski definition) is 4. The number of carbonyl (C=O) groups is 2. The number of imide groups is 1. The van der Waals surface area contributed by atoms with Crippen molar-refractivity contribution in [3.8, 4) is 11.3 Å². The van der Waals surface area contributed by atoms with E-state index in [1.807, 2.05) is 43.3 Å². The smallest absolute Gasteiger partial charge is 0.286 e. The molecule has 20 heavy (non-hydrogen) atoms. The molecule has 1 aromatic carbocycles. The van der Waals surface area contributed by atoms with Crippen LogP contribution in [-0.2, 0) is 11.2 Å². The van der Waals surface area contributed by atoms with Crippen LogP contribution >= 0.6 is 11.8 Å². The van der Waals surface area contributed by atoms with Gasteiger partial charge in [0, 0.05) is 12.0 Å². The second-order valence-corrected chi connectivity index (χ2v) is 5.90. The van der Waals surface area contributed by atoms with Crippen molar-refractivity contribution in [2.45, 2.75) is 18.6 Å². The largest absolute Gasteiger partial charge is 0.461 e. The molecule has 1 aromatic heterocycles. The average molecular weight is 287 g/mol. The maximum Gasteiger partial charge on any atom is 0.286 e. The standard InChI is InChI=1S/C15H13NO3S/c1-9-3-2-4-10(7-9)12-6-5-11(19-12)8-13-14(17)16-15(18)20-13/h2-7,13H,8H2,1H3,(H,16,17,18). The molecule has 2 heterocycles. The zero-order valence-electron chi connectivity index (χ0n) is 10.9. The minimum atomic E-state index is -0.390. The van der Waals surface area contributed by atoms with Gasteiger partial charge in [-0.05, 0) is 25.1 Å². The lowest BCUT2D eigenvalue weighted by Gasteiger charge is -2.02. The Morgan fingerprint density at radius 2 is 2.10 bits per heavy atom. The molecule has 2 amide bonds. The molecule has 4 nitrogen and oxygen atoms in total. The van der Waals surface area contributed by atoms with E-state index in [9.17, 15) is 9.59 Å². The molecule has 3 rings (SSSR count). The molecular weight excluding hydrogens is 274 g/mol. The Kier molecular flexibility index (Phi) is 3.36. The van der Waals surface area contributed by atoms with Crippen LogP contribution in [0.1, 0.15) is 11.3 Å². The third kappa shape index (κ3) is 2.63. The number of carbonyl (C=O) groups excluding carboxylic acids is 2. The van der Waals surface area contributed by atoms with Crippen molar-refractivity contribution in [3.63, 3.8) is 0 Å². The second-order valence-electron chi connectivity index (χ2n) is 4.72. The zero-order chi connectivity index (χ0) is 14.1. The Labute approximate surface area is 120 Å². The van der Waals surface area contributed by atoms with Gasteiger partial charge >= 0.3 is 0 Å². The van der Waals surface area contributed by atoms with E-state index in [0.29, 0.717) is 12.2 Å². The number of aryl methyl sites for hydroxylation is 1. The summed E-state index contributed by atoms with van der Waals surface area (Å²) in [5.74, 6) is 1.25. The Balaban J connectivity index is 1.77. The first-order valence-electron chi connectivity index (χ1n) is 6.29. The van der Waals surface area contributed by atoms with Crippen LogP contribution in [0.15, 0.2) is 40.8 Å². The van der Waals surface area contributed by atoms with Crippen LogP contribution in [0.4, 0.5) is 4.79 Å². The summed E-state index contributed by atoms with van der Waals surface area (Å²) in [6.45, 7) is 2.03. The van der Waals surface area contributed by atoms with E-state index in [-0.39, 0.29) is 16.4 Å². The molecule has 0 aliphatic carbocycles. The first-order valence-corrected chi connectivity index (χ1v) is 7.17. The van der Waals surface area contributed by atoms with E-state index in [1.165, 1.54) is 0 Å². The summed E-state index contributed by atoms with van der Waals surface area (Å²) in [6, 6.07) is 11.8. The van der Waals surface area contributed by atoms with Crippen molar-refractivity contribution in [1.82, 2.24) is 5.32 Å². The molecule has 0 saturated carbocycles. The van der Waals surface area contributed by atoms with Crippen molar-refractivity contribution in [1.29, 1.82) is 0 Å². The van der Waals surface area contributed by atoms with E-state index in [0.717, 1.165) is 28.6 Å². The average Bonchev–Trinajstić information content (AvgIpc) is 2.97. The topological polar surface area (TPSA) is 59.3 Å². The van der Waals surface area contributed by atoms with E-state index in [4.69, 9.17) is 4.42 Å². The van der Waals surface area contributed by atoms with Crippen LogP contribution in [0, 0.1) is 6.92 Å². The summed E-state index contributed by atoms with van der Waals surface area (Å²) in [4.78, 5) is 22.6. The highest BCUT2D eigenvalue weighted by Crippen LogP contribution is 2.27. The third-order valence-corrected chi connectivity index (χ3v) is 4.10. The number of amides is 2. The molecule has 1 aliphatic heterocycles. The lowest BCUT2D eigenvalue weighted by atomic mass is 10.1. The van der Waals surface area contributed by atoms with Crippen molar-refractivity contribution >= 4 is 22.9 Å². The highest BCUT2D eigenvalue weighted by molar-refractivity contribution is 8.15. The summed E-state index contributed by atoms with van der Waals surface area (Å²) in [6.07, 6.45) is 0.425. The predicted octanol–water partition coefficient (Wildman–Crippen LogP) is 3.15. The molecule has 1 unspecified atom stereocenters. The summed E-state index contributed by atoms with van der Waals surface area (Å²) < 4.78 is 5.77. The molecule has 1 fully saturated rings. The van der Waals surface area contributed by atoms with Crippen LogP contribution in [0.2, 0.25) is 0 Å². The fraction of sp³-hybridized carbons (Fsp3) is 0.200. The highest BCUT2D eigenvalue weighted by atomic mass is 32.2. The van der Waals surface area contributed by atoms with Gasteiger partial charge in [0.15, 0.2) is 0 Å². The minimum absolute atomic E-state index is 0.242. The molecule has 5 heteroatoms. The Morgan fingerprint density at radius 3 is 2.80 bits per heavy atom. The Hall–Kier alpha value is -2.01. The SMILES string of the molecule is Cc1cccc(-c2ccc(CC3SC(=O)NC3=O)o2)c1. The number of thioether (sulfide) groups is 1. The fourth-order valence-electron chi connectivity index (χ4n) is 2.15. The molecule has 1 aliphatic rings. The van der Waals surface area contributed by atoms with E-state index >= 15 is 0 Å². The molecule has 1 atom stereocenters. The van der Waals surface area contributed by atoms with Crippen molar-refractivity contribution < 1.29 is 14.0 Å². The third-order valence-electron chi connectivity index (χ3n) is 3.12. The number of hydrogen-bond donors (Lipinski definition) is 1. The van der Waals surface area contributed by atoms with Gasteiger partial charge in [-0.15, -0.1) is 0 Å². The molecule has 1 saturated heterocycles. The van der Waals surface area contributed by atoms with Gasteiger partial charge in [0.05, 0.1) is 0 Å². The van der Waals surface area contributed by atoms with Crippen molar-refractivity contribution in [2.24, 2.45) is 0 Å². The van der Waals surface area contributed by atoms with E-state index in [1.54, 1.807) is 0 Å². The monoisotopic (exact) mass is 287 g/mol. The quantitative estimate of drug-likeness (QED) is 0.942. The molecular formula is C15H13NO3S. The van der Waals surface area contributed by atoms with Gasteiger partial charge in [0.2, 0.25) is 5.91 Å². The molecule has 0 radical (unpaired) electrons. The molecule has 2 aromatic rings. The van der Waals surface area contributed by atoms with Gasteiger partial charge in [0.25, 0.3) is 5.24 Å². The van der Waals surface area contributed by atoms with Crippen molar-refractivity contribution in [2.75, 3.05) is 0 Å². The van der Waals surface area contributed by atoms with Crippen LogP contribution in [0.3, 0.4) is 0 Å². The summed E-state index contributed by atoms with van der Waals surface area (Å²) in [5.41, 5.74) is 2.17. The predicted molar refractivity (Wildman–Crippen MR) is 77.5 cm³/mol. The Bertz CT molecular complexity index is 677. The highest BCUT2D eigenvalue weighted by Gasteiger charge is 2.32. The number of rotatable bonds is 3. The number of furan rings is 1. The first kappa shape index (κ1) is 13.0. The van der Waals surface area contributed by atoms with Crippen LogP contribution in [-0.4, -0.2) is 16.4 Å². The number of benzene rings is 1. The lowest BCUT2D eigenvalue weighted by Crippen LogP contribution is -2.25. The molecule has 102 valence electrons. The zero-order valence-corrected chi connectivity index (χ0v) is 11.7. The minimum Gasteiger partial charge on any atom is -0.461 e. The van der Waals surface area contributed by atoms with Gasteiger partial charge < -0.3 is 4.42 Å². The summed E-state index contributed by atoms with van der Waals surface area (Å²) in [7, 11) is 0. The normalized spacial score (nSPS) is 18.4. The van der Waals surface area contributed by atoms with Crippen molar-refractivity contribution in [3.05, 3.63) is 47.7 Å². The fourth-order valence-corrected chi connectivity index (χ4v) is 2.98.